The molecular weight excluding hydrogens is 174 g/mol. The Hall–Kier alpha value is -0.860. The van der Waals surface area contributed by atoms with E-state index in [2.05, 4.69) is 24.3 Å². The van der Waals surface area contributed by atoms with Crippen LogP contribution in [0.4, 0.5) is 0 Å². The molecule has 0 amide bonds. The molecule has 1 heterocycles. The fourth-order valence-electron chi connectivity index (χ4n) is 2.15. The Kier molecular flexibility index (Phi) is 2.85. The quantitative estimate of drug-likeness (QED) is 0.772. The van der Waals surface area contributed by atoms with Gasteiger partial charge in [0.1, 0.15) is 0 Å². The molecule has 1 aromatic carbocycles. The highest BCUT2D eigenvalue weighted by Crippen LogP contribution is 2.31. The molecule has 1 unspecified atom stereocenters. The van der Waals surface area contributed by atoms with E-state index in [4.69, 9.17) is 10.5 Å². The number of benzene rings is 1. The van der Waals surface area contributed by atoms with E-state index in [1.54, 1.807) is 0 Å². The number of hydrogen-bond donors (Lipinski definition) is 1. The maximum Gasteiger partial charge on any atom is 0.0575 e. The predicted octanol–water partition coefficient (Wildman–Crippen LogP) is 1.69. The molecule has 2 nitrogen and oxygen atoms in total. The molecule has 1 aliphatic rings. The van der Waals surface area contributed by atoms with Gasteiger partial charge in [-0.25, -0.2) is 0 Å². The van der Waals surface area contributed by atoms with Gasteiger partial charge in [0.05, 0.1) is 6.61 Å². The van der Waals surface area contributed by atoms with E-state index < -0.39 is 0 Å². The van der Waals surface area contributed by atoms with Crippen molar-refractivity contribution in [2.75, 3.05) is 19.8 Å². The van der Waals surface area contributed by atoms with Crippen LogP contribution >= 0.6 is 0 Å². The van der Waals surface area contributed by atoms with E-state index in [-0.39, 0.29) is 5.41 Å². The number of rotatable bonds is 2. The second-order valence-electron chi connectivity index (χ2n) is 4.01. The molecule has 1 atom stereocenters. The van der Waals surface area contributed by atoms with Gasteiger partial charge < -0.3 is 10.5 Å². The first-order chi connectivity index (χ1) is 6.87. The first-order valence-electron chi connectivity index (χ1n) is 5.21. The van der Waals surface area contributed by atoms with Gasteiger partial charge in [0.25, 0.3) is 0 Å². The van der Waals surface area contributed by atoms with Gasteiger partial charge in [-0.3, -0.25) is 0 Å². The van der Waals surface area contributed by atoms with Crippen molar-refractivity contribution in [1.29, 1.82) is 0 Å². The summed E-state index contributed by atoms with van der Waals surface area (Å²) in [7, 11) is 0. The van der Waals surface area contributed by atoms with E-state index in [1.165, 1.54) is 5.56 Å². The SMILES string of the molecule is NCC1(c2ccccc2)CCCOC1. The Labute approximate surface area is 85.1 Å². The van der Waals surface area contributed by atoms with Crippen molar-refractivity contribution in [3.05, 3.63) is 35.9 Å². The van der Waals surface area contributed by atoms with Crippen molar-refractivity contribution in [2.45, 2.75) is 18.3 Å². The van der Waals surface area contributed by atoms with Crippen molar-refractivity contribution in [2.24, 2.45) is 5.73 Å². The van der Waals surface area contributed by atoms with Crippen LogP contribution in [0.25, 0.3) is 0 Å². The molecule has 1 fully saturated rings. The molecule has 2 N–H and O–H groups in total. The van der Waals surface area contributed by atoms with Crippen LogP contribution in [-0.2, 0) is 10.2 Å². The topological polar surface area (TPSA) is 35.2 Å². The van der Waals surface area contributed by atoms with E-state index in [0.717, 1.165) is 26.1 Å². The maximum absolute atomic E-state index is 5.89. The molecule has 0 spiro atoms. The second kappa shape index (κ2) is 4.11. The molecule has 1 aromatic rings. The van der Waals surface area contributed by atoms with Gasteiger partial charge in [0, 0.05) is 18.6 Å². The fourth-order valence-corrected chi connectivity index (χ4v) is 2.15. The van der Waals surface area contributed by atoms with Gasteiger partial charge in [-0.2, -0.15) is 0 Å². The zero-order chi connectivity index (χ0) is 9.86. The maximum atomic E-state index is 5.89. The highest BCUT2D eigenvalue weighted by Gasteiger charge is 2.32. The van der Waals surface area contributed by atoms with Crippen LogP contribution < -0.4 is 5.73 Å². The summed E-state index contributed by atoms with van der Waals surface area (Å²) in [6.07, 6.45) is 2.26. The molecular formula is C12H17NO. The lowest BCUT2D eigenvalue weighted by Gasteiger charge is -2.36. The van der Waals surface area contributed by atoms with Crippen LogP contribution in [-0.4, -0.2) is 19.8 Å². The number of nitrogens with two attached hydrogens (primary N) is 1. The fraction of sp³-hybridized carbons (Fsp3) is 0.500. The van der Waals surface area contributed by atoms with Gasteiger partial charge in [0.15, 0.2) is 0 Å². The standard InChI is InChI=1S/C12H17NO/c13-9-12(7-4-8-14-10-12)11-5-2-1-3-6-11/h1-3,5-6H,4,7-10,13H2. The van der Waals surface area contributed by atoms with Crippen LogP contribution in [0.15, 0.2) is 30.3 Å². The Morgan fingerprint density at radius 2 is 2.07 bits per heavy atom. The average molecular weight is 191 g/mol. The third-order valence-corrected chi connectivity index (χ3v) is 3.10. The third kappa shape index (κ3) is 1.68. The molecule has 0 bridgehead atoms. The second-order valence-corrected chi connectivity index (χ2v) is 4.01. The number of ether oxygens (including phenoxy) is 1. The number of hydrogen-bond acceptors (Lipinski definition) is 2. The summed E-state index contributed by atoms with van der Waals surface area (Å²) in [6.45, 7) is 2.33. The molecule has 0 aliphatic carbocycles. The van der Waals surface area contributed by atoms with E-state index in [9.17, 15) is 0 Å². The van der Waals surface area contributed by atoms with Gasteiger partial charge in [-0.05, 0) is 18.4 Å². The smallest absolute Gasteiger partial charge is 0.0575 e. The lowest BCUT2D eigenvalue weighted by molar-refractivity contribution is 0.0377. The minimum atomic E-state index is 0.0690. The summed E-state index contributed by atoms with van der Waals surface area (Å²) in [6, 6.07) is 10.5. The summed E-state index contributed by atoms with van der Waals surface area (Å²) < 4.78 is 5.55. The molecule has 0 saturated carbocycles. The van der Waals surface area contributed by atoms with Gasteiger partial charge >= 0.3 is 0 Å². The molecule has 0 radical (unpaired) electrons. The van der Waals surface area contributed by atoms with Crippen molar-refractivity contribution in [3.63, 3.8) is 0 Å². The van der Waals surface area contributed by atoms with E-state index >= 15 is 0 Å². The third-order valence-electron chi connectivity index (χ3n) is 3.10. The molecule has 2 rings (SSSR count). The Bertz CT molecular complexity index is 278. The molecule has 0 aromatic heterocycles. The Morgan fingerprint density at radius 1 is 1.29 bits per heavy atom. The summed E-state index contributed by atoms with van der Waals surface area (Å²) in [5.74, 6) is 0. The Balaban J connectivity index is 2.27. The van der Waals surface area contributed by atoms with Crippen LogP contribution in [0.3, 0.4) is 0 Å². The highest BCUT2D eigenvalue weighted by atomic mass is 16.5. The lowest BCUT2D eigenvalue weighted by Crippen LogP contribution is -2.42. The first kappa shape index (κ1) is 9.69. The molecule has 14 heavy (non-hydrogen) atoms. The summed E-state index contributed by atoms with van der Waals surface area (Å²) in [5, 5.41) is 0. The molecule has 1 saturated heterocycles. The van der Waals surface area contributed by atoms with Crippen molar-refractivity contribution >= 4 is 0 Å². The zero-order valence-corrected chi connectivity index (χ0v) is 8.41. The average Bonchev–Trinajstić information content (AvgIpc) is 2.31. The van der Waals surface area contributed by atoms with Crippen molar-refractivity contribution in [3.8, 4) is 0 Å². The van der Waals surface area contributed by atoms with Crippen LogP contribution in [0.5, 0.6) is 0 Å². The molecule has 76 valence electrons. The largest absolute Gasteiger partial charge is 0.380 e. The van der Waals surface area contributed by atoms with E-state index in [0.29, 0.717) is 6.54 Å². The van der Waals surface area contributed by atoms with Crippen LogP contribution in [0.2, 0.25) is 0 Å². The Morgan fingerprint density at radius 3 is 2.64 bits per heavy atom. The zero-order valence-electron chi connectivity index (χ0n) is 8.41. The lowest BCUT2D eigenvalue weighted by atomic mass is 9.76. The van der Waals surface area contributed by atoms with Crippen molar-refractivity contribution < 1.29 is 4.74 Å². The van der Waals surface area contributed by atoms with Gasteiger partial charge in [-0.1, -0.05) is 30.3 Å². The van der Waals surface area contributed by atoms with Crippen LogP contribution in [0.1, 0.15) is 18.4 Å². The first-order valence-corrected chi connectivity index (χ1v) is 5.21. The van der Waals surface area contributed by atoms with Gasteiger partial charge in [0.2, 0.25) is 0 Å². The molecule has 2 heteroatoms. The van der Waals surface area contributed by atoms with Gasteiger partial charge in [-0.15, -0.1) is 0 Å². The predicted molar refractivity (Wildman–Crippen MR) is 57.2 cm³/mol. The van der Waals surface area contributed by atoms with Crippen LogP contribution in [0, 0.1) is 0 Å². The summed E-state index contributed by atoms with van der Waals surface area (Å²) in [4.78, 5) is 0. The normalized spacial score (nSPS) is 27.5. The monoisotopic (exact) mass is 191 g/mol. The summed E-state index contributed by atoms with van der Waals surface area (Å²) >= 11 is 0. The summed E-state index contributed by atoms with van der Waals surface area (Å²) in [5.41, 5.74) is 7.28. The van der Waals surface area contributed by atoms with E-state index in [1.807, 2.05) is 6.07 Å². The minimum absolute atomic E-state index is 0.0690. The molecule has 1 aliphatic heterocycles. The minimum Gasteiger partial charge on any atom is -0.380 e. The van der Waals surface area contributed by atoms with Crippen molar-refractivity contribution in [1.82, 2.24) is 0 Å². The highest BCUT2D eigenvalue weighted by molar-refractivity contribution is 5.26.